The lowest BCUT2D eigenvalue weighted by Gasteiger charge is -2.06. The Labute approximate surface area is 200 Å². The molecule has 5 aromatic rings. The highest BCUT2D eigenvalue weighted by Gasteiger charge is 2.06. The standard InChI is InChI=1S/C25H22BrN7/c26-21-8-4-7-20(15-21)23-16-28-24(29-23)17-27-22-11-9-18(10-12-22)13-14-33-31-25(30-32-33)19-5-2-1-3-6-19/h1-12,15-16,27H,13-14,17H2,(H,28,29). The molecule has 0 bridgehead atoms. The van der Waals surface area contributed by atoms with Gasteiger partial charge in [0, 0.05) is 21.3 Å². The van der Waals surface area contributed by atoms with Crippen LogP contribution in [0.15, 0.2) is 89.5 Å². The summed E-state index contributed by atoms with van der Waals surface area (Å²) in [5, 5.41) is 16.2. The number of halogens is 1. The van der Waals surface area contributed by atoms with Crippen LogP contribution in [0.3, 0.4) is 0 Å². The summed E-state index contributed by atoms with van der Waals surface area (Å²) >= 11 is 3.51. The van der Waals surface area contributed by atoms with E-state index in [0.29, 0.717) is 18.9 Å². The van der Waals surface area contributed by atoms with Gasteiger partial charge in [0.2, 0.25) is 5.82 Å². The fourth-order valence-electron chi connectivity index (χ4n) is 3.50. The second-order valence-corrected chi connectivity index (χ2v) is 8.55. The molecule has 0 saturated carbocycles. The van der Waals surface area contributed by atoms with E-state index in [1.165, 1.54) is 5.56 Å². The van der Waals surface area contributed by atoms with E-state index in [4.69, 9.17) is 0 Å². The van der Waals surface area contributed by atoms with Gasteiger partial charge in [0.1, 0.15) is 5.82 Å². The van der Waals surface area contributed by atoms with Gasteiger partial charge >= 0.3 is 0 Å². The smallest absolute Gasteiger partial charge is 0.204 e. The topological polar surface area (TPSA) is 84.3 Å². The van der Waals surface area contributed by atoms with E-state index in [9.17, 15) is 0 Å². The van der Waals surface area contributed by atoms with Crippen LogP contribution in [-0.2, 0) is 19.5 Å². The molecule has 0 unspecified atom stereocenters. The van der Waals surface area contributed by atoms with Gasteiger partial charge in [0.15, 0.2) is 0 Å². The lowest BCUT2D eigenvalue weighted by atomic mass is 10.1. The number of imidazole rings is 1. The molecule has 0 amide bonds. The van der Waals surface area contributed by atoms with Crippen LogP contribution in [-0.4, -0.2) is 30.2 Å². The zero-order valence-corrected chi connectivity index (χ0v) is 19.4. The Morgan fingerprint density at radius 2 is 1.73 bits per heavy atom. The van der Waals surface area contributed by atoms with Crippen molar-refractivity contribution in [3.8, 4) is 22.6 Å². The molecule has 164 valence electrons. The second-order valence-electron chi connectivity index (χ2n) is 7.63. The zero-order valence-electron chi connectivity index (χ0n) is 17.8. The largest absolute Gasteiger partial charge is 0.378 e. The minimum Gasteiger partial charge on any atom is -0.378 e. The summed E-state index contributed by atoms with van der Waals surface area (Å²) in [6.45, 7) is 1.30. The molecule has 0 radical (unpaired) electrons. The Morgan fingerprint density at radius 1 is 0.909 bits per heavy atom. The zero-order chi connectivity index (χ0) is 22.5. The maximum Gasteiger partial charge on any atom is 0.204 e. The van der Waals surface area contributed by atoms with Gasteiger partial charge in [-0.2, -0.15) is 4.80 Å². The summed E-state index contributed by atoms with van der Waals surface area (Å²) in [4.78, 5) is 9.51. The fraction of sp³-hybridized carbons (Fsp3) is 0.120. The van der Waals surface area contributed by atoms with E-state index < -0.39 is 0 Å². The molecule has 0 aliphatic carbocycles. The van der Waals surface area contributed by atoms with Gasteiger partial charge in [-0.25, -0.2) is 4.98 Å². The molecule has 7 nitrogen and oxygen atoms in total. The highest BCUT2D eigenvalue weighted by molar-refractivity contribution is 9.10. The maximum atomic E-state index is 4.49. The Bertz CT molecular complexity index is 1330. The Kier molecular flexibility index (Phi) is 6.25. The number of nitrogens with one attached hydrogen (secondary N) is 2. The van der Waals surface area contributed by atoms with Crippen molar-refractivity contribution in [3.63, 3.8) is 0 Å². The average Bonchev–Trinajstić information content (AvgIpc) is 3.53. The number of aryl methyl sites for hydroxylation is 2. The molecule has 0 aliphatic rings. The first-order valence-corrected chi connectivity index (χ1v) is 11.5. The van der Waals surface area contributed by atoms with Gasteiger partial charge < -0.3 is 10.3 Å². The number of benzene rings is 3. The molecule has 3 aromatic carbocycles. The van der Waals surface area contributed by atoms with E-state index in [0.717, 1.165) is 39.2 Å². The first kappa shape index (κ1) is 21.1. The van der Waals surface area contributed by atoms with Gasteiger partial charge in [-0.3, -0.25) is 0 Å². The summed E-state index contributed by atoms with van der Waals surface area (Å²) in [6, 6.07) is 26.4. The van der Waals surface area contributed by atoms with Gasteiger partial charge in [-0.15, -0.1) is 10.2 Å². The molecule has 2 heterocycles. The summed E-state index contributed by atoms with van der Waals surface area (Å²) < 4.78 is 1.05. The minimum atomic E-state index is 0.624. The van der Waals surface area contributed by atoms with Crippen LogP contribution in [0.25, 0.3) is 22.6 Å². The number of tetrazole rings is 1. The predicted molar refractivity (Wildman–Crippen MR) is 132 cm³/mol. The number of aromatic amines is 1. The quantitative estimate of drug-likeness (QED) is 0.300. The van der Waals surface area contributed by atoms with Crippen LogP contribution >= 0.6 is 15.9 Å². The van der Waals surface area contributed by atoms with Crippen LogP contribution in [0.5, 0.6) is 0 Å². The van der Waals surface area contributed by atoms with Crippen LogP contribution < -0.4 is 5.32 Å². The van der Waals surface area contributed by atoms with Gasteiger partial charge in [-0.05, 0) is 41.5 Å². The number of hydrogen-bond acceptors (Lipinski definition) is 5. The Morgan fingerprint density at radius 3 is 2.55 bits per heavy atom. The highest BCUT2D eigenvalue weighted by atomic mass is 79.9. The van der Waals surface area contributed by atoms with E-state index in [2.05, 4.69) is 83.0 Å². The molecule has 2 N–H and O–H groups in total. The lowest BCUT2D eigenvalue weighted by molar-refractivity contribution is 0.523. The van der Waals surface area contributed by atoms with Crippen LogP contribution in [0, 0.1) is 0 Å². The summed E-state index contributed by atoms with van der Waals surface area (Å²) in [6.07, 6.45) is 2.70. The third-order valence-corrected chi connectivity index (χ3v) is 5.76. The van der Waals surface area contributed by atoms with E-state index in [1.807, 2.05) is 48.7 Å². The van der Waals surface area contributed by atoms with Crippen LogP contribution in [0.2, 0.25) is 0 Å². The molecule has 0 spiro atoms. The Balaban J connectivity index is 1.13. The number of H-pyrrole nitrogens is 1. The lowest BCUT2D eigenvalue weighted by Crippen LogP contribution is -2.06. The van der Waals surface area contributed by atoms with Crippen molar-refractivity contribution in [3.05, 3.63) is 101 Å². The summed E-state index contributed by atoms with van der Waals surface area (Å²) in [5.41, 5.74) is 5.34. The molecule has 0 atom stereocenters. The maximum absolute atomic E-state index is 4.49. The number of hydrogen-bond donors (Lipinski definition) is 2. The highest BCUT2D eigenvalue weighted by Crippen LogP contribution is 2.21. The van der Waals surface area contributed by atoms with Crippen molar-refractivity contribution in [2.75, 3.05) is 5.32 Å². The first-order chi connectivity index (χ1) is 16.2. The van der Waals surface area contributed by atoms with Gasteiger partial charge in [0.25, 0.3) is 0 Å². The van der Waals surface area contributed by atoms with Gasteiger partial charge in [-0.1, -0.05) is 70.5 Å². The third-order valence-electron chi connectivity index (χ3n) is 5.26. The normalized spacial score (nSPS) is 10.9. The summed E-state index contributed by atoms with van der Waals surface area (Å²) in [5.74, 6) is 1.54. The van der Waals surface area contributed by atoms with Crippen molar-refractivity contribution in [2.24, 2.45) is 0 Å². The van der Waals surface area contributed by atoms with Crippen molar-refractivity contribution in [2.45, 2.75) is 19.5 Å². The van der Waals surface area contributed by atoms with Crippen molar-refractivity contribution < 1.29 is 0 Å². The molecule has 33 heavy (non-hydrogen) atoms. The minimum absolute atomic E-state index is 0.624. The number of aromatic nitrogens is 6. The number of anilines is 1. The second kappa shape index (κ2) is 9.79. The number of rotatable bonds is 8. The molecule has 0 saturated heterocycles. The molecule has 0 aliphatic heterocycles. The molecular weight excluding hydrogens is 478 g/mol. The molecule has 8 heteroatoms. The number of nitrogens with zero attached hydrogens (tertiary/aromatic N) is 5. The van der Waals surface area contributed by atoms with Crippen molar-refractivity contribution >= 4 is 21.6 Å². The Hall–Kier alpha value is -3.78. The van der Waals surface area contributed by atoms with E-state index in [-0.39, 0.29) is 0 Å². The van der Waals surface area contributed by atoms with Crippen LogP contribution in [0.1, 0.15) is 11.4 Å². The molecular formula is C25H22BrN7. The average molecular weight is 500 g/mol. The fourth-order valence-corrected chi connectivity index (χ4v) is 3.90. The molecule has 2 aromatic heterocycles. The van der Waals surface area contributed by atoms with Crippen molar-refractivity contribution in [1.29, 1.82) is 0 Å². The predicted octanol–water partition coefficient (Wildman–Crippen LogP) is 5.35. The van der Waals surface area contributed by atoms with Gasteiger partial charge in [0.05, 0.1) is 25.0 Å². The molecule has 5 rings (SSSR count). The summed E-state index contributed by atoms with van der Waals surface area (Å²) in [7, 11) is 0. The van der Waals surface area contributed by atoms with Crippen molar-refractivity contribution in [1.82, 2.24) is 30.2 Å². The first-order valence-electron chi connectivity index (χ1n) is 10.7. The third kappa shape index (κ3) is 5.35. The SMILES string of the molecule is Brc1cccc(-c2cnc(CNc3ccc(CCn4nnc(-c5ccccc5)n4)cc3)[nH]2)c1. The van der Waals surface area contributed by atoms with E-state index >= 15 is 0 Å². The monoisotopic (exact) mass is 499 g/mol. The van der Waals surface area contributed by atoms with E-state index in [1.54, 1.807) is 4.80 Å². The van der Waals surface area contributed by atoms with Crippen LogP contribution in [0.4, 0.5) is 5.69 Å². The molecule has 0 fully saturated rings.